The maximum atomic E-state index is 13.3. The molecule has 0 unspecified atom stereocenters. The number of benzene rings is 1. The molecule has 7 heteroatoms. The van der Waals surface area contributed by atoms with E-state index in [9.17, 15) is 18.8 Å². The molecule has 0 radical (unpaired) electrons. The highest BCUT2D eigenvalue weighted by Crippen LogP contribution is 2.18. The third-order valence-electron chi connectivity index (χ3n) is 5.28. The van der Waals surface area contributed by atoms with E-state index in [0.29, 0.717) is 51.9 Å². The zero-order valence-corrected chi connectivity index (χ0v) is 15.5. The largest absolute Gasteiger partial charge is 0.354 e. The van der Waals surface area contributed by atoms with Gasteiger partial charge in [-0.3, -0.25) is 14.4 Å². The first kappa shape index (κ1) is 19.3. The van der Waals surface area contributed by atoms with Crippen LogP contribution in [0.4, 0.5) is 4.39 Å². The summed E-state index contributed by atoms with van der Waals surface area (Å²) in [6.07, 6.45) is 2.95. The molecular weight excluding hydrogens is 349 g/mol. The smallest absolute Gasteiger partial charge is 0.224 e. The van der Waals surface area contributed by atoms with Crippen LogP contribution in [0.1, 0.15) is 31.2 Å². The average molecular weight is 375 g/mol. The normalized spacial score (nSPS) is 20.3. The van der Waals surface area contributed by atoms with Crippen molar-refractivity contribution in [3.63, 3.8) is 0 Å². The van der Waals surface area contributed by atoms with E-state index in [1.54, 1.807) is 15.9 Å². The third kappa shape index (κ3) is 5.28. The van der Waals surface area contributed by atoms with Gasteiger partial charge in [0.25, 0.3) is 0 Å². The Morgan fingerprint density at radius 2 is 1.96 bits per heavy atom. The number of piperidine rings is 1. The molecule has 0 spiro atoms. The number of hydrogen-bond acceptors (Lipinski definition) is 3. The zero-order valence-electron chi connectivity index (χ0n) is 15.5. The van der Waals surface area contributed by atoms with E-state index in [0.717, 1.165) is 18.5 Å². The van der Waals surface area contributed by atoms with Gasteiger partial charge in [0.05, 0.1) is 5.92 Å². The van der Waals surface area contributed by atoms with E-state index in [-0.39, 0.29) is 29.5 Å². The van der Waals surface area contributed by atoms with E-state index in [1.807, 2.05) is 6.07 Å². The van der Waals surface area contributed by atoms with Crippen molar-refractivity contribution in [3.05, 3.63) is 35.6 Å². The van der Waals surface area contributed by atoms with Crippen LogP contribution in [0, 0.1) is 11.7 Å². The number of nitrogens with zero attached hydrogens (tertiary/aromatic N) is 2. The van der Waals surface area contributed by atoms with Crippen molar-refractivity contribution in [3.8, 4) is 0 Å². The number of halogens is 1. The number of hydrogen-bond donors (Lipinski definition) is 1. The predicted octanol–water partition coefficient (Wildman–Crippen LogP) is 1.35. The quantitative estimate of drug-likeness (QED) is 0.782. The number of carbonyl (C=O) groups is 3. The monoisotopic (exact) mass is 375 g/mol. The van der Waals surface area contributed by atoms with Gasteiger partial charge in [-0.05, 0) is 37.0 Å². The minimum atomic E-state index is -0.286. The average Bonchev–Trinajstić information content (AvgIpc) is 3.06. The summed E-state index contributed by atoms with van der Waals surface area (Å²) in [6, 6.07) is 6.36. The Morgan fingerprint density at radius 1 is 1.15 bits per heavy atom. The molecule has 27 heavy (non-hydrogen) atoms. The van der Waals surface area contributed by atoms with Gasteiger partial charge in [-0.2, -0.15) is 0 Å². The van der Waals surface area contributed by atoms with Gasteiger partial charge in [-0.15, -0.1) is 0 Å². The van der Waals surface area contributed by atoms with E-state index in [2.05, 4.69) is 5.32 Å². The highest BCUT2D eigenvalue weighted by atomic mass is 19.1. The zero-order chi connectivity index (χ0) is 19.2. The number of rotatable bonds is 7. The number of amides is 3. The van der Waals surface area contributed by atoms with E-state index in [1.165, 1.54) is 12.1 Å². The molecule has 2 saturated heterocycles. The van der Waals surface area contributed by atoms with E-state index in [4.69, 9.17) is 0 Å². The molecule has 1 atom stereocenters. The van der Waals surface area contributed by atoms with Crippen LogP contribution in [-0.4, -0.2) is 60.2 Å². The van der Waals surface area contributed by atoms with Crippen molar-refractivity contribution < 1.29 is 18.8 Å². The maximum Gasteiger partial charge on any atom is 0.224 e. The van der Waals surface area contributed by atoms with Crippen LogP contribution < -0.4 is 5.32 Å². The molecular formula is C20H26FN3O3. The second kappa shape index (κ2) is 8.97. The Labute approximate surface area is 158 Å². The minimum absolute atomic E-state index is 0.0399. The molecule has 2 aliphatic heterocycles. The topological polar surface area (TPSA) is 69.7 Å². The molecule has 2 heterocycles. The molecule has 1 aromatic rings. The van der Waals surface area contributed by atoms with Gasteiger partial charge in [0.15, 0.2) is 0 Å². The fraction of sp³-hybridized carbons (Fsp3) is 0.550. The van der Waals surface area contributed by atoms with Crippen molar-refractivity contribution in [2.45, 2.75) is 32.1 Å². The van der Waals surface area contributed by atoms with Crippen molar-refractivity contribution in [1.29, 1.82) is 0 Å². The first-order valence-electron chi connectivity index (χ1n) is 9.60. The lowest BCUT2D eigenvalue weighted by Gasteiger charge is -2.32. The van der Waals surface area contributed by atoms with Gasteiger partial charge in [0, 0.05) is 45.6 Å². The molecule has 0 bridgehead atoms. The molecule has 2 fully saturated rings. The maximum absolute atomic E-state index is 13.3. The molecule has 1 N–H and O–H groups in total. The third-order valence-corrected chi connectivity index (χ3v) is 5.28. The molecule has 0 saturated carbocycles. The lowest BCUT2D eigenvalue weighted by molar-refractivity contribution is -0.138. The van der Waals surface area contributed by atoms with Gasteiger partial charge in [-0.25, -0.2) is 4.39 Å². The van der Waals surface area contributed by atoms with Crippen LogP contribution >= 0.6 is 0 Å². The summed E-state index contributed by atoms with van der Waals surface area (Å²) >= 11 is 0. The fourth-order valence-electron chi connectivity index (χ4n) is 3.70. The van der Waals surface area contributed by atoms with Crippen LogP contribution in [0.15, 0.2) is 24.3 Å². The van der Waals surface area contributed by atoms with Crippen LogP contribution in [0.25, 0.3) is 0 Å². The molecule has 146 valence electrons. The Kier molecular flexibility index (Phi) is 6.42. The van der Waals surface area contributed by atoms with Gasteiger partial charge >= 0.3 is 0 Å². The van der Waals surface area contributed by atoms with Crippen molar-refractivity contribution in [1.82, 2.24) is 15.1 Å². The molecule has 2 aliphatic rings. The second-order valence-electron chi connectivity index (χ2n) is 7.23. The minimum Gasteiger partial charge on any atom is -0.354 e. The molecule has 0 aliphatic carbocycles. The van der Waals surface area contributed by atoms with Crippen molar-refractivity contribution in [2.75, 3.05) is 32.7 Å². The first-order valence-corrected chi connectivity index (χ1v) is 9.60. The second-order valence-corrected chi connectivity index (χ2v) is 7.23. The molecule has 6 nitrogen and oxygen atoms in total. The van der Waals surface area contributed by atoms with Gasteiger partial charge in [0.2, 0.25) is 17.7 Å². The number of carbonyl (C=O) groups excluding carboxylic acids is 3. The van der Waals surface area contributed by atoms with Crippen molar-refractivity contribution in [2.24, 2.45) is 5.92 Å². The van der Waals surface area contributed by atoms with Crippen LogP contribution in [0.3, 0.4) is 0 Å². The highest BCUT2D eigenvalue weighted by Gasteiger charge is 2.30. The Bertz CT molecular complexity index is 709. The summed E-state index contributed by atoms with van der Waals surface area (Å²) in [5.74, 6) is -0.394. The number of likely N-dealkylation sites (tertiary alicyclic amines) is 2. The van der Waals surface area contributed by atoms with Crippen LogP contribution in [0.5, 0.6) is 0 Å². The summed E-state index contributed by atoms with van der Waals surface area (Å²) in [5, 5.41) is 2.90. The molecule has 0 aromatic heterocycles. The summed E-state index contributed by atoms with van der Waals surface area (Å²) in [4.78, 5) is 39.6. The molecule has 3 amide bonds. The Hall–Kier alpha value is -2.44. The number of nitrogens with one attached hydrogen (secondary N) is 1. The lowest BCUT2D eigenvalue weighted by atomic mass is 9.96. The van der Waals surface area contributed by atoms with E-state index < -0.39 is 0 Å². The highest BCUT2D eigenvalue weighted by molar-refractivity contribution is 5.84. The summed E-state index contributed by atoms with van der Waals surface area (Å²) in [7, 11) is 0. The SMILES string of the molecule is O=C(NCCN1CCCC1=O)[C@H]1CCC(=O)N(CCc2cccc(F)c2)C1. The van der Waals surface area contributed by atoms with Gasteiger partial charge in [-0.1, -0.05) is 12.1 Å². The van der Waals surface area contributed by atoms with E-state index >= 15 is 0 Å². The van der Waals surface area contributed by atoms with Crippen LogP contribution in [0.2, 0.25) is 0 Å². The van der Waals surface area contributed by atoms with Gasteiger partial charge in [0.1, 0.15) is 5.82 Å². The van der Waals surface area contributed by atoms with Crippen LogP contribution in [-0.2, 0) is 20.8 Å². The summed E-state index contributed by atoms with van der Waals surface area (Å²) in [6.45, 7) is 2.62. The molecule has 3 rings (SSSR count). The summed E-state index contributed by atoms with van der Waals surface area (Å²) in [5.41, 5.74) is 0.838. The predicted molar refractivity (Wildman–Crippen MR) is 98.2 cm³/mol. The fourth-order valence-corrected chi connectivity index (χ4v) is 3.70. The standard InChI is InChI=1S/C20H26FN3O3/c21-17-4-1-3-15(13-17)8-11-24-14-16(6-7-19(24)26)20(27)22-9-12-23-10-2-5-18(23)25/h1,3-4,13,16H,2,5-12,14H2,(H,22,27)/t16-/m0/s1. The first-order chi connectivity index (χ1) is 13.0. The summed E-state index contributed by atoms with van der Waals surface area (Å²) < 4.78 is 13.3. The Balaban J connectivity index is 1.44. The Morgan fingerprint density at radius 3 is 2.70 bits per heavy atom. The van der Waals surface area contributed by atoms with Crippen molar-refractivity contribution >= 4 is 17.7 Å². The van der Waals surface area contributed by atoms with Gasteiger partial charge < -0.3 is 15.1 Å². The lowest BCUT2D eigenvalue weighted by Crippen LogP contribution is -2.47. The molecule has 1 aromatic carbocycles.